The summed E-state index contributed by atoms with van der Waals surface area (Å²) in [6.45, 7) is -1.04. The van der Waals surface area contributed by atoms with Gasteiger partial charge >= 0.3 is 5.97 Å². The first-order valence-electron chi connectivity index (χ1n) is 9.70. The number of fused-ring (bicyclic) bond motifs is 1. The summed E-state index contributed by atoms with van der Waals surface area (Å²) < 4.78 is 17.7. The molecule has 2 N–H and O–H groups in total. The van der Waals surface area contributed by atoms with Crippen LogP contribution in [0.2, 0.25) is 0 Å². The number of amides is 1. The lowest BCUT2D eigenvalue weighted by atomic mass is 9.94. The number of aromatic nitrogens is 2. The molecule has 1 aromatic heterocycles. The van der Waals surface area contributed by atoms with E-state index in [1.165, 1.54) is 6.42 Å². The molecule has 1 amide bonds. The fraction of sp³-hybridized carbons (Fsp3) is 0.400. The van der Waals surface area contributed by atoms with E-state index in [1.54, 1.807) is 18.2 Å². The minimum atomic E-state index is -0.834. The summed E-state index contributed by atoms with van der Waals surface area (Å²) in [5, 5.41) is 4.83. The van der Waals surface area contributed by atoms with Gasteiger partial charge in [-0.2, -0.15) is 0 Å². The Balaban J connectivity index is 1.30. The lowest BCUT2D eigenvalue weighted by Crippen LogP contribution is -2.40. The highest BCUT2D eigenvalue weighted by Gasteiger charge is 2.42. The molecule has 10 nitrogen and oxygen atoms in total. The fourth-order valence-electron chi connectivity index (χ4n) is 3.56. The molecule has 0 unspecified atom stereocenters. The second-order valence-electron chi connectivity index (χ2n) is 7.28. The van der Waals surface area contributed by atoms with Gasteiger partial charge in [-0.15, -0.1) is 0 Å². The van der Waals surface area contributed by atoms with Crippen molar-refractivity contribution in [3.63, 3.8) is 0 Å². The first kappa shape index (κ1) is 19.7. The number of nitrogens with zero attached hydrogens (tertiary/aromatic N) is 1. The number of esters is 1. The standard InChI is InChI=1S/C20H21N3O7/c24-16-6-7-18(26)23(22-16)11-19(27)28-12-17(25)21-13-4-5-14-15(10-13)30-20(29-14)8-2-1-3-9-20/h4-7,10H,1-3,8-9,11-12H2,(H,21,25)(H,22,24). The fourth-order valence-corrected chi connectivity index (χ4v) is 3.56. The van der Waals surface area contributed by atoms with Crippen LogP contribution >= 0.6 is 0 Å². The minimum absolute atomic E-state index is 0.481. The van der Waals surface area contributed by atoms with Crippen LogP contribution in [0, 0.1) is 0 Å². The Morgan fingerprint density at radius 2 is 1.83 bits per heavy atom. The summed E-state index contributed by atoms with van der Waals surface area (Å²) >= 11 is 0. The largest absolute Gasteiger partial charge is 0.454 e. The average Bonchev–Trinajstić information content (AvgIpc) is 3.06. The smallest absolute Gasteiger partial charge is 0.328 e. The number of carbonyl (C=O) groups is 2. The van der Waals surface area contributed by atoms with Gasteiger partial charge in [-0.25, -0.2) is 4.68 Å². The highest BCUT2D eigenvalue weighted by Crippen LogP contribution is 2.46. The van der Waals surface area contributed by atoms with E-state index in [1.807, 2.05) is 0 Å². The minimum Gasteiger partial charge on any atom is -0.454 e. The SMILES string of the molecule is O=C(COC(=O)Cn1[nH]c(=O)ccc1=O)Nc1ccc2c(c1)OC1(CCCCC1)O2. The van der Waals surface area contributed by atoms with E-state index in [0.29, 0.717) is 17.2 Å². The molecule has 4 rings (SSSR count). The lowest BCUT2D eigenvalue weighted by Gasteiger charge is -2.31. The molecule has 1 aliphatic carbocycles. The normalized spacial score (nSPS) is 16.3. The number of hydrogen-bond acceptors (Lipinski definition) is 7. The Labute approximate surface area is 170 Å². The summed E-state index contributed by atoms with van der Waals surface area (Å²) in [4.78, 5) is 46.7. The van der Waals surface area contributed by atoms with Crippen molar-refractivity contribution < 1.29 is 23.8 Å². The summed E-state index contributed by atoms with van der Waals surface area (Å²) in [7, 11) is 0. The molecule has 0 saturated heterocycles. The van der Waals surface area contributed by atoms with E-state index in [-0.39, 0.29) is 0 Å². The summed E-state index contributed by atoms with van der Waals surface area (Å²) in [5.74, 6) is -0.778. The molecule has 0 radical (unpaired) electrons. The molecular formula is C20H21N3O7. The molecule has 1 fully saturated rings. The third-order valence-corrected chi connectivity index (χ3v) is 4.97. The van der Waals surface area contributed by atoms with Gasteiger partial charge in [0.15, 0.2) is 18.1 Å². The maximum absolute atomic E-state index is 12.1. The van der Waals surface area contributed by atoms with Crippen molar-refractivity contribution in [3.05, 3.63) is 51.0 Å². The van der Waals surface area contributed by atoms with Gasteiger partial charge in [-0.05, 0) is 25.0 Å². The predicted molar refractivity (Wildman–Crippen MR) is 104 cm³/mol. The van der Waals surface area contributed by atoms with Crippen molar-refractivity contribution >= 4 is 17.6 Å². The van der Waals surface area contributed by atoms with Gasteiger partial charge in [0, 0.05) is 36.7 Å². The Morgan fingerprint density at radius 3 is 2.63 bits per heavy atom. The van der Waals surface area contributed by atoms with Gasteiger partial charge < -0.3 is 19.5 Å². The third kappa shape index (κ3) is 4.37. The van der Waals surface area contributed by atoms with E-state index in [4.69, 9.17) is 14.2 Å². The van der Waals surface area contributed by atoms with Crippen LogP contribution in [0.4, 0.5) is 5.69 Å². The van der Waals surface area contributed by atoms with E-state index in [0.717, 1.165) is 42.5 Å². The van der Waals surface area contributed by atoms with E-state index in [9.17, 15) is 19.2 Å². The number of benzene rings is 1. The molecule has 2 heterocycles. The first-order valence-corrected chi connectivity index (χ1v) is 9.70. The summed E-state index contributed by atoms with van der Waals surface area (Å²) in [5.41, 5.74) is -0.611. The molecule has 2 aliphatic rings. The first-order chi connectivity index (χ1) is 14.4. The van der Waals surface area contributed by atoms with Crippen molar-refractivity contribution in [2.45, 2.75) is 44.4 Å². The van der Waals surface area contributed by atoms with Crippen LogP contribution < -0.4 is 25.9 Å². The number of hydrogen-bond donors (Lipinski definition) is 2. The van der Waals surface area contributed by atoms with Crippen LogP contribution in [0.25, 0.3) is 0 Å². The van der Waals surface area contributed by atoms with Gasteiger partial charge in [-0.1, -0.05) is 6.42 Å². The highest BCUT2D eigenvalue weighted by molar-refractivity contribution is 5.93. The van der Waals surface area contributed by atoms with E-state index < -0.39 is 41.9 Å². The topological polar surface area (TPSA) is 129 Å². The van der Waals surface area contributed by atoms with Gasteiger partial charge in [-0.3, -0.25) is 24.3 Å². The molecule has 30 heavy (non-hydrogen) atoms. The van der Waals surface area contributed by atoms with E-state index >= 15 is 0 Å². The highest BCUT2D eigenvalue weighted by atomic mass is 16.7. The van der Waals surface area contributed by atoms with Gasteiger partial charge in [0.2, 0.25) is 0 Å². The second kappa shape index (κ2) is 8.05. The zero-order chi connectivity index (χ0) is 21.1. The van der Waals surface area contributed by atoms with Crippen LogP contribution in [0.15, 0.2) is 39.9 Å². The number of anilines is 1. The second-order valence-corrected chi connectivity index (χ2v) is 7.28. The Kier molecular flexibility index (Phi) is 5.30. The molecule has 158 valence electrons. The molecule has 2 aromatic rings. The quantitative estimate of drug-likeness (QED) is 0.701. The molecule has 0 atom stereocenters. The molecule has 10 heteroatoms. The van der Waals surface area contributed by atoms with Crippen LogP contribution in [-0.4, -0.2) is 34.1 Å². The lowest BCUT2D eigenvalue weighted by molar-refractivity contribution is -0.148. The third-order valence-electron chi connectivity index (χ3n) is 4.97. The molecule has 1 spiro atoms. The maximum atomic E-state index is 12.1. The zero-order valence-corrected chi connectivity index (χ0v) is 16.1. The molecule has 0 bridgehead atoms. The van der Waals surface area contributed by atoms with Crippen LogP contribution in [0.1, 0.15) is 32.1 Å². The summed E-state index contributed by atoms with van der Waals surface area (Å²) in [6, 6.07) is 7.18. The van der Waals surface area contributed by atoms with Crippen LogP contribution in [0.5, 0.6) is 11.5 Å². The van der Waals surface area contributed by atoms with Crippen molar-refractivity contribution in [1.82, 2.24) is 9.78 Å². The molecule has 1 aromatic carbocycles. The monoisotopic (exact) mass is 415 g/mol. The van der Waals surface area contributed by atoms with Crippen LogP contribution in [-0.2, 0) is 20.9 Å². The molecular weight excluding hydrogens is 394 g/mol. The van der Waals surface area contributed by atoms with E-state index in [2.05, 4.69) is 10.4 Å². The molecule has 1 saturated carbocycles. The van der Waals surface area contributed by atoms with Crippen molar-refractivity contribution in [2.24, 2.45) is 0 Å². The summed E-state index contributed by atoms with van der Waals surface area (Å²) in [6.07, 6.45) is 4.92. The van der Waals surface area contributed by atoms with Crippen molar-refractivity contribution in [1.29, 1.82) is 0 Å². The predicted octanol–water partition coefficient (Wildman–Crippen LogP) is 1.15. The van der Waals surface area contributed by atoms with Crippen molar-refractivity contribution in [2.75, 3.05) is 11.9 Å². The Hall–Kier alpha value is -3.56. The number of H-pyrrole nitrogens is 1. The van der Waals surface area contributed by atoms with Crippen molar-refractivity contribution in [3.8, 4) is 11.5 Å². The average molecular weight is 415 g/mol. The Bertz CT molecular complexity index is 1080. The molecule has 1 aliphatic heterocycles. The number of carbonyl (C=O) groups excluding carboxylic acids is 2. The van der Waals surface area contributed by atoms with Gasteiger partial charge in [0.25, 0.3) is 22.8 Å². The Morgan fingerprint density at radius 1 is 1.07 bits per heavy atom. The van der Waals surface area contributed by atoms with Gasteiger partial charge in [0.05, 0.1) is 0 Å². The van der Waals surface area contributed by atoms with Crippen LogP contribution in [0.3, 0.4) is 0 Å². The maximum Gasteiger partial charge on any atom is 0.328 e. The zero-order valence-electron chi connectivity index (χ0n) is 16.1. The number of aromatic amines is 1. The number of nitrogens with one attached hydrogen (secondary N) is 2. The number of rotatable bonds is 5. The number of ether oxygens (including phenoxy) is 3. The van der Waals surface area contributed by atoms with Gasteiger partial charge in [0.1, 0.15) is 6.54 Å².